The van der Waals surface area contributed by atoms with Gasteiger partial charge in [0.25, 0.3) is 0 Å². The van der Waals surface area contributed by atoms with Crippen molar-refractivity contribution in [3.63, 3.8) is 0 Å². The van der Waals surface area contributed by atoms with Crippen molar-refractivity contribution in [1.29, 1.82) is 0 Å². The highest BCUT2D eigenvalue weighted by Gasteiger charge is 2.19. The Kier molecular flexibility index (Phi) is 5.96. The first-order valence-corrected chi connectivity index (χ1v) is 17.4. The normalized spacial score (nSPS) is 11.9. The first kappa shape index (κ1) is 28.0. The van der Waals surface area contributed by atoms with Crippen LogP contribution in [0.25, 0.3) is 99.2 Å². The van der Waals surface area contributed by atoms with Gasteiger partial charge in [-0.15, -0.1) is 0 Å². The molecule has 0 atom stereocenters. The fourth-order valence-electron chi connectivity index (χ4n) is 8.32. The molecule has 0 saturated carbocycles. The first-order valence-electron chi connectivity index (χ1n) is 17.4. The Hall–Kier alpha value is -6.84. The van der Waals surface area contributed by atoms with Crippen LogP contribution in [0.5, 0.6) is 0 Å². The number of fused-ring (bicyclic) bond motifs is 9. The van der Waals surface area contributed by atoms with E-state index in [4.69, 9.17) is 4.42 Å². The summed E-state index contributed by atoms with van der Waals surface area (Å²) in [5.41, 5.74) is 13.5. The predicted octanol–water partition coefficient (Wildman–Crippen LogP) is 13.1. The molecule has 3 aromatic heterocycles. The number of rotatable bonds is 4. The fraction of sp³-hybridized carbons (Fsp3) is 0. The molecule has 51 heavy (non-hydrogen) atoms. The Balaban J connectivity index is 1.12. The molecule has 0 spiro atoms. The van der Waals surface area contributed by atoms with Crippen molar-refractivity contribution >= 4 is 65.6 Å². The van der Waals surface area contributed by atoms with E-state index in [1.54, 1.807) is 0 Å². The molecule has 0 amide bonds. The van der Waals surface area contributed by atoms with Gasteiger partial charge in [0, 0.05) is 43.6 Å². The third-order valence-electron chi connectivity index (χ3n) is 10.5. The number of nitrogens with zero attached hydrogens (tertiary/aromatic N) is 2. The highest BCUT2D eigenvalue weighted by molar-refractivity contribution is 6.16. The summed E-state index contributed by atoms with van der Waals surface area (Å²) in [6, 6.07) is 65.4. The zero-order valence-electron chi connectivity index (χ0n) is 27.6. The van der Waals surface area contributed by atoms with Gasteiger partial charge in [-0.25, -0.2) is 0 Å². The standard InChI is InChI=1S/C48H30N2O/c1-2-13-33(14-3-1)49-41-20-8-7-18-37(41)39-29-31(25-27-45(39)49)32-26-28-46-40(30-32)48-38(19-12-24-47(48)51-46)36-17-6-11-23-44(36)50-42-21-9-4-15-34(42)35-16-5-10-22-43(35)50/h1-30H. The van der Waals surface area contributed by atoms with Gasteiger partial charge >= 0.3 is 0 Å². The van der Waals surface area contributed by atoms with Crippen LogP contribution in [0.3, 0.4) is 0 Å². The minimum absolute atomic E-state index is 0.886. The molecule has 8 aromatic carbocycles. The SMILES string of the molecule is c1ccc(-n2c3ccccc3c3cc(-c4ccc5oc6cccc(-c7ccccc7-n7c8ccccc8c8ccccc87)c6c5c4)ccc32)cc1. The predicted molar refractivity (Wildman–Crippen MR) is 213 cm³/mol. The molecule has 0 radical (unpaired) electrons. The summed E-state index contributed by atoms with van der Waals surface area (Å²) in [6.07, 6.45) is 0. The van der Waals surface area contributed by atoms with Crippen molar-refractivity contribution in [2.45, 2.75) is 0 Å². The second-order valence-electron chi connectivity index (χ2n) is 13.3. The van der Waals surface area contributed by atoms with Crippen LogP contribution < -0.4 is 0 Å². The van der Waals surface area contributed by atoms with E-state index in [0.717, 1.165) is 50.0 Å². The van der Waals surface area contributed by atoms with Crippen LogP contribution in [0.1, 0.15) is 0 Å². The lowest BCUT2D eigenvalue weighted by Crippen LogP contribution is -1.97. The maximum atomic E-state index is 6.55. The summed E-state index contributed by atoms with van der Waals surface area (Å²) >= 11 is 0. The zero-order valence-corrected chi connectivity index (χ0v) is 27.6. The molecule has 0 aliphatic rings. The Morgan fingerprint density at radius 3 is 1.63 bits per heavy atom. The lowest BCUT2D eigenvalue weighted by atomic mass is 9.96. The van der Waals surface area contributed by atoms with Gasteiger partial charge in [-0.05, 0) is 83.4 Å². The molecule has 0 aliphatic heterocycles. The second-order valence-corrected chi connectivity index (χ2v) is 13.3. The van der Waals surface area contributed by atoms with Gasteiger partial charge in [0.2, 0.25) is 0 Å². The number of para-hydroxylation sites is 5. The molecule has 0 aliphatic carbocycles. The van der Waals surface area contributed by atoms with Gasteiger partial charge in [-0.3, -0.25) is 0 Å². The Morgan fingerprint density at radius 1 is 0.333 bits per heavy atom. The molecule has 3 heteroatoms. The topological polar surface area (TPSA) is 23.0 Å². The van der Waals surface area contributed by atoms with Crippen LogP contribution in [-0.4, -0.2) is 9.13 Å². The lowest BCUT2D eigenvalue weighted by Gasteiger charge is -2.15. The van der Waals surface area contributed by atoms with Crippen molar-refractivity contribution < 1.29 is 4.42 Å². The molecule has 3 nitrogen and oxygen atoms in total. The summed E-state index contributed by atoms with van der Waals surface area (Å²) < 4.78 is 11.3. The average Bonchev–Trinajstić information content (AvgIpc) is 3.85. The van der Waals surface area contributed by atoms with E-state index < -0.39 is 0 Å². The number of benzene rings is 8. The maximum Gasteiger partial charge on any atom is 0.136 e. The largest absolute Gasteiger partial charge is 0.456 e. The lowest BCUT2D eigenvalue weighted by molar-refractivity contribution is 0.669. The quantitative estimate of drug-likeness (QED) is 0.186. The summed E-state index contributed by atoms with van der Waals surface area (Å²) in [6.45, 7) is 0. The van der Waals surface area contributed by atoms with E-state index in [-0.39, 0.29) is 0 Å². The molecule has 11 rings (SSSR count). The molecule has 3 heterocycles. The van der Waals surface area contributed by atoms with E-state index in [0.29, 0.717) is 0 Å². The van der Waals surface area contributed by atoms with E-state index in [9.17, 15) is 0 Å². The van der Waals surface area contributed by atoms with Crippen molar-refractivity contribution in [2.75, 3.05) is 0 Å². The number of aromatic nitrogens is 2. The fourth-order valence-corrected chi connectivity index (χ4v) is 8.32. The average molecular weight is 651 g/mol. The van der Waals surface area contributed by atoms with Crippen molar-refractivity contribution in [1.82, 2.24) is 9.13 Å². The summed E-state index contributed by atoms with van der Waals surface area (Å²) in [5.74, 6) is 0. The van der Waals surface area contributed by atoms with Crippen molar-refractivity contribution in [3.8, 4) is 33.6 Å². The van der Waals surface area contributed by atoms with Gasteiger partial charge in [-0.2, -0.15) is 0 Å². The maximum absolute atomic E-state index is 6.55. The second kappa shape index (κ2) is 10.8. The highest BCUT2D eigenvalue weighted by atomic mass is 16.3. The molecule has 0 fully saturated rings. The van der Waals surface area contributed by atoms with Gasteiger partial charge in [0.15, 0.2) is 0 Å². The molecule has 0 unspecified atom stereocenters. The third kappa shape index (κ3) is 4.12. The summed E-state index contributed by atoms with van der Waals surface area (Å²) in [5, 5.41) is 7.24. The van der Waals surface area contributed by atoms with Crippen LogP contribution in [0, 0.1) is 0 Å². The van der Waals surface area contributed by atoms with E-state index >= 15 is 0 Å². The van der Waals surface area contributed by atoms with E-state index in [1.807, 2.05) is 0 Å². The molecule has 0 N–H and O–H groups in total. The van der Waals surface area contributed by atoms with Gasteiger partial charge in [0.1, 0.15) is 11.2 Å². The summed E-state index contributed by atoms with van der Waals surface area (Å²) in [7, 11) is 0. The first-order chi connectivity index (χ1) is 25.3. The Bertz CT molecular complexity index is 3090. The number of hydrogen-bond acceptors (Lipinski definition) is 1. The molecular weight excluding hydrogens is 621 g/mol. The van der Waals surface area contributed by atoms with Crippen LogP contribution >= 0.6 is 0 Å². The molecule has 238 valence electrons. The monoisotopic (exact) mass is 650 g/mol. The van der Waals surface area contributed by atoms with Crippen molar-refractivity contribution in [2.24, 2.45) is 0 Å². The third-order valence-corrected chi connectivity index (χ3v) is 10.5. The van der Waals surface area contributed by atoms with Gasteiger partial charge in [-0.1, -0.05) is 115 Å². The number of furan rings is 1. The molecule has 0 bridgehead atoms. The van der Waals surface area contributed by atoms with Gasteiger partial charge in [0.05, 0.1) is 27.8 Å². The molecular formula is C48H30N2O. The van der Waals surface area contributed by atoms with E-state index in [1.165, 1.54) is 49.2 Å². The zero-order chi connectivity index (χ0) is 33.5. The minimum Gasteiger partial charge on any atom is -0.456 e. The van der Waals surface area contributed by atoms with E-state index in [2.05, 4.69) is 191 Å². The highest BCUT2D eigenvalue weighted by Crippen LogP contribution is 2.43. The number of hydrogen-bond donors (Lipinski definition) is 0. The van der Waals surface area contributed by atoms with Crippen LogP contribution in [-0.2, 0) is 0 Å². The minimum atomic E-state index is 0.886. The van der Waals surface area contributed by atoms with Gasteiger partial charge < -0.3 is 13.6 Å². The van der Waals surface area contributed by atoms with Crippen LogP contribution in [0.4, 0.5) is 0 Å². The Morgan fingerprint density at radius 2 is 0.882 bits per heavy atom. The molecule has 11 aromatic rings. The van der Waals surface area contributed by atoms with Crippen LogP contribution in [0.2, 0.25) is 0 Å². The Labute approximate surface area is 293 Å². The molecule has 0 saturated heterocycles. The summed E-state index contributed by atoms with van der Waals surface area (Å²) in [4.78, 5) is 0. The van der Waals surface area contributed by atoms with Crippen LogP contribution in [0.15, 0.2) is 186 Å². The van der Waals surface area contributed by atoms with Crippen molar-refractivity contribution in [3.05, 3.63) is 182 Å². The smallest absolute Gasteiger partial charge is 0.136 e.